The Kier molecular flexibility index (Phi) is 7.12. The summed E-state index contributed by atoms with van der Waals surface area (Å²) < 4.78 is 28.0. The molecule has 176 valence electrons. The number of hydrogen-bond acceptors (Lipinski definition) is 4. The number of anilines is 1. The molecule has 1 amide bonds. The number of likely N-dealkylation sites (tertiary alicyclic amines) is 1. The van der Waals surface area contributed by atoms with Crippen molar-refractivity contribution in [3.8, 4) is 0 Å². The number of carbonyl (C=O) groups is 2. The molecule has 1 aliphatic rings. The monoisotopic (exact) mass is 476 g/mol. The van der Waals surface area contributed by atoms with Crippen molar-refractivity contribution < 1.29 is 18.0 Å². The highest BCUT2D eigenvalue weighted by Crippen LogP contribution is 2.26. The summed E-state index contributed by atoms with van der Waals surface area (Å²) in [5.41, 5.74) is 1.61. The zero-order valence-corrected chi connectivity index (χ0v) is 19.9. The first-order chi connectivity index (χ1) is 16.4. The minimum atomic E-state index is -3.82. The molecule has 1 heterocycles. The predicted octanol–water partition coefficient (Wildman–Crippen LogP) is 4.64. The molecule has 0 unspecified atom stereocenters. The average Bonchev–Trinajstić information content (AvgIpc) is 2.89. The molecule has 0 radical (unpaired) electrons. The number of rotatable bonds is 7. The third-order valence-electron chi connectivity index (χ3n) is 6.21. The molecule has 0 N–H and O–H groups in total. The summed E-state index contributed by atoms with van der Waals surface area (Å²) in [5, 5.41) is 0. The summed E-state index contributed by atoms with van der Waals surface area (Å²) in [5.74, 6) is -0.214. The minimum Gasteiger partial charge on any atom is -0.339 e. The van der Waals surface area contributed by atoms with Crippen molar-refractivity contribution in [3.63, 3.8) is 0 Å². The number of ketones is 1. The summed E-state index contributed by atoms with van der Waals surface area (Å²) in [7, 11) is -3.82. The van der Waals surface area contributed by atoms with Crippen LogP contribution < -0.4 is 4.31 Å². The molecule has 0 aromatic heterocycles. The Labute approximate surface area is 200 Å². The fourth-order valence-electron chi connectivity index (χ4n) is 4.37. The third kappa shape index (κ3) is 4.89. The van der Waals surface area contributed by atoms with E-state index in [1.165, 1.54) is 16.4 Å². The quantitative estimate of drug-likeness (QED) is 0.466. The Morgan fingerprint density at radius 3 is 2.06 bits per heavy atom. The predicted molar refractivity (Wildman–Crippen MR) is 132 cm³/mol. The average molecular weight is 477 g/mol. The molecular weight excluding hydrogens is 448 g/mol. The van der Waals surface area contributed by atoms with Crippen LogP contribution >= 0.6 is 0 Å². The molecule has 0 saturated carbocycles. The van der Waals surface area contributed by atoms with Gasteiger partial charge in [0.2, 0.25) is 0 Å². The van der Waals surface area contributed by atoms with Gasteiger partial charge in [-0.1, -0.05) is 54.6 Å². The largest absolute Gasteiger partial charge is 0.339 e. The first-order valence-electron chi connectivity index (χ1n) is 11.5. The van der Waals surface area contributed by atoms with Crippen molar-refractivity contribution in [2.45, 2.75) is 24.7 Å². The maximum Gasteiger partial charge on any atom is 0.264 e. The van der Waals surface area contributed by atoms with Crippen LogP contribution in [0.3, 0.4) is 0 Å². The second-order valence-corrected chi connectivity index (χ2v) is 10.2. The highest BCUT2D eigenvalue weighted by Gasteiger charge is 2.29. The number of para-hydroxylation sites is 1. The van der Waals surface area contributed by atoms with Gasteiger partial charge in [0.25, 0.3) is 15.9 Å². The molecule has 0 aliphatic carbocycles. The zero-order chi connectivity index (χ0) is 24.1. The van der Waals surface area contributed by atoms with Gasteiger partial charge < -0.3 is 4.90 Å². The van der Waals surface area contributed by atoms with Crippen molar-refractivity contribution in [2.75, 3.05) is 23.9 Å². The van der Waals surface area contributed by atoms with E-state index >= 15 is 0 Å². The molecule has 1 fully saturated rings. The molecule has 3 aromatic rings. The number of nitrogens with zero attached hydrogens (tertiary/aromatic N) is 2. The number of Topliss-reactive ketones (excluding diaryl/α,β-unsaturated/α-hetero) is 1. The van der Waals surface area contributed by atoms with Crippen LogP contribution in [0.5, 0.6) is 0 Å². The van der Waals surface area contributed by atoms with E-state index in [-0.39, 0.29) is 29.0 Å². The van der Waals surface area contributed by atoms with Crippen molar-refractivity contribution in [1.82, 2.24) is 4.90 Å². The lowest BCUT2D eigenvalue weighted by Crippen LogP contribution is -2.40. The van der Waals surface area contributed by atoms with Gasteiger partial charge in [-0.3, -0.25) is 13.9 Å². The smallest absolute Gasteiger partial charge is 0.264 e. The lowest BCUT2D eigenvalue weighted by atomic mass is 9.88. The molecule has 0 atom stereocenters. The molecule has 0 bridgehead atoms. The van der Waals surface area contributed by atoms with Gasteiger partial charge in [0.1, 0.15) is 0 Å². The highest BCUT2D eigenvalue weighted by atomic mass is 32.2. The Morgan fingerprint density at radius 2 is 1.44 bits per heavy atom. The first kappa shape index (κ1) is 23.7. The SMILES string of the molecule is CCN(c1ccccc1)S(=O)(=O)c1cccc(C(=O)N2CCC(C(=O)c3ccccc3)CC2)c1. The van der Waals surface area contributed by atoms with Crippen LogP contribution in [0.1, 0.15) is 40.5 Å². The van der Waals surface area contributed by atoms with Crippen LogP contribution in [0.2, 0.25) is 0 Å². The highest BCUT2D eigenvalue weighted by molar-refractivity contribution is 7.92. The molecule has 1 aliphatic heterocycles. The van der Waals surface area contributed by atoms with Crippen LogP contribution in [-0.4, -0.2) is 44.6 Å². The number of carbonyl (C=O) groups excluding carboxylic acids is 2. The Morgan fingerprint density at radius 1 is 0.853 bits per heavy atom. The first-order valence-corrected chi connectivity index (χ1v) is 12.9. The van der Waals surface area contributed by atoms with E-state index < -0.39 is 10.0 Å². The van der Waals surface area contributed by atoms with E-state index in [0.29, 0.717) is 42.7 Å². The van der Waals surface area contributed by atoms with Crippen molar-refractivity contribution in [3.05, 3.63) is 96.1 Å². The number of sulfonamides is 1. The number of amides is 1. The summed E-state index contributed by atoms with van der Waals surface area (Å²) in [4.78, 5) is 27.7. The fourth-order valence-corrected chi connectivity index (χ4v) is 5.89. The van der Waals surface area contributed by atoms with Gasteiger partial charge >= 0.3 is 0 Å². The molecule has 34 heavy (non-hydrogen) atoms. The van der Waals surface area contributed by atoms with Crippen LogP contribution in [0, 0.1) is 5.92 Å². The third-order valence-corrected chi connectivity index (χ3v) is 8.11. The Balaban J connectivity index is 1.48. The van der Waals surface area contributed by atoms with Gasteiger partial charge in [-0.2, -0.15) is 0 Å². The van der Waals surface area contributed by atoms with Gasteiger partial charge in [-0.15, -0.1) is 0 Å². The van der Waals surface area contributed by atoms with E-state index in [2.05, 4.69) is 0 Å². The molecule has 6 nitrogen and oxygen atoms in total. The van der Waals surface area contributed by atoms with Gasteiger partial charge in [-0.25, -0.2) is 8.42 Å². The topological polar surface area (TPSA) is 74.8 Å². The van der Waals surface area contributed by atoms with E-state index in [9.17, 15) is 18.0 Å². The summed E-state index contributed by atoms with van der Waals surface area (Å²) >= 11 is 0. The Bertz CT molecular complexity index is 1250. The van der Waals surface area contributed by atoms with Crippen LogP contribution in [0.25, 0.3) is 0 Å². The molecule has 4 rings (SSSR count). The van der Waals surface area contributed by atoms with Crippen molar-refractivity contribution in [1.29, 1.82) is 0 Å². The standard InChI is InChI=1S/C27H28N2O4S/c1-2-29(24-13-7-4-8-14-24)34(32,33)25-15-9-12-23(20-25)27(31)28-18-16-22(17-19-28)26(30)21-10-5-3-6-11-21/h3-15,20,22H,2,16-19H2,1H3. The van der Waals surface area contributed by atoms with Crippen LogP contribution in [-0.2, 0) is 10.0 Å². The van der Waals surface area contributed by atoms with Crippen molar-refractivity contribution in [2.24, 2.45) is 5.92 Å². The number of piperidine rings is 1. The van der Waals surface area contributed by atoms with E-state index in [1.807, 2.05) is 36.4 Å². The van der Waals surface area contributed by atoms with Gasteiger partial charge in [-0.05, 0) is 50.1 Å². The number of hydrogen-bond donors (Lipinski definition) is 0. The lowest BCUT2D eigenvalue weighted by Gasteiger charge is -2.31. The summed E-state index contributed by atoms with van der Waals surface area (Å²) in [6.45, 7) is 2.97. The fraction of sp³-hybridized carbons (Fsp3) is 0.259. The maximum absolute atomic E-state index is 13.3. The van der Waals surface area contributed by atoms with E-state index in [0.717, 1.165) is 0 Å². The van der Waals surface area contributed by atoms with E-state index in [1.54, 1.807) is 48.2 Å². The van der Waals surface area contributed by atoms with Crippen LogP contribution in [0.4, 0.5) is 5.69 Å². The number of benzene rings is 3. The van der Waals surface area contributed by atoms with Crippen LogP contribution in [0.15, 0.2) is 89.8 Å². The molecule has 7 heteroatoms. The maximum atomic E-state index is 13.3. The van der Waals surface area contributed by atoms with E-state index in [4.69, 9.17) is 0 Å². The summed E-state index contributed by atoms with van der Waals surface area (Å²) in [6, 6.07) is 24.3. The summed E-state index contributed by atoms with van der Waals surface area (Å²) in [6.07, 6.45) is 1.18. The van der Waals surface area contributed by atoms with Crippen molar-refractivity contribution >= 4 is 27.4 Å². The second-order valence-electron chi connectivity index (χ2n) is 8.33. The zero-order valence-electron chi connectivity index (χ0n) is 19.1. The molecule has 0 spiro atoms. The lowest BCUT2D eigenvalue weighted by molar-refractivity contribution is 0.0650. The Hall–Kier alpha value is -3.45. The minimum absolute atomic E-state index is 0.0817. The van der Waals surface area contributed by atoms with Gasteiger partial charge in [0.15, 0.2) is 5.78 Å². The molecular formula is C27H28N2O4S. The normalized spacial score (nSPS) is 14.6. The van der Waals surface area contributed by atoms with Gasteiger partial charge in [0, 0.05) is 36.7 Å². The second kappa shape index (κ2) is 10.2. The molecule has 3 aromatic carbocycles. The molecule has 1 saturated heterocycles. The van der Waals surface area contributed by atoms with Gasteiger partial charge in [0.05, 0.1) is 10.6 Å².